The molecule has 3 rings (SSSR count). The number of aliphatic hydroxyl groups excluding tert-OH is 1. The zero-order chi connectivity index (χ0) is 26.2. The Morgan fingerprint density at radius 3 is 2.33 bits per heavy atom. The number of benzene rings is 2. The molecule has 0 radical (unpaired) electrons. The van der Waals surface area contributed by atoms with Crippen LogP contribution in [0.15, 0.2) is 60.7 Å². The number of hydrogen-bond acceptors (Lipinski definition) is 7. The first-order chi connectivity index (χ1) is 17.3. The van der Waals surface area contributed by atoms with E-state index in [-0.39, 0.29) is 11.3 Å². The predicted octanol–water partition coefficient (Wildman–Crippen LogP) is 4.03. The molecule has 0 spiro atoms. The van der Waals surface area contributed by atoms with E-state index in [9.17, 15) is 14.7 Å². The third-order valence-corrected chi connectivity index (χ3v) is 5.71. The fraction of sp³-hybridized carbons (Fsp3) is 0.357. The molecule has 1 fully saturated rings. The summed E-state index contributed by atoms with van der Waals surface area (Å²) in [5.41, 5.74) is 1.09. The molecule has 1 amide bonds. The summed E-state index contributed by atoms with van der Waals surface area (Å²) in [5.74, 6) is 0.0370. The zero-order valence-electron chi connectivity index (χ0n) is 21.3. The number of aliphatic hydroxyl groups is 1. The predicted molar refractivity (Wildman–Crippen MR) is 138 cm³/mol. The van der Waals surface area contributed by atoms with E-state index in [1.54, 1.807) is 48.5 Å². The minimum Gasteiger partial charge on any atom is -0.507 e. The van der Waals surface area contributed by atoms with E-state index in [1.807, 2.05) is 32.8 Å². The molecule has 1 saturated heterocycles. The van der Waals surface area contributed by atoms with Crippen LogP contribution in [0.3, 0.4) is 0 Å². The number of nitrogens with zero attached hydrogens (tertiary/aromatic N) is 2. The van der Waals surface area contributed by atoms with Gasteiger partial charge in [-0.2, -0.15) is 0 Å². The van der Waals surface area contributed by atoms with Crippen molar-refractivity contribution in [1.82, 2.24) is 9.80 Å². The molecule has 0 aromatic heterocycles. The van der Waals surface area contributed by atoms with Crippen molar-refractivity contribution in [2.45, 2.75) is 19.9 Å². The van der Waals surface area contributed by atoms with Crippen LogP contribution >= 0.6 is 0 Å². The number of likely N-dealkylation sites (N-methyl/N-ethyl adjacent to an activating group) is 1. The van der Waals surface area contributed by atoms with Gasteiger partial charge in [0.15, 0.2) is 11.5 Å². The lowest BCUT2D eigenvalue weighted by atomic mass is 9.95. The van der Waals surface area contributed by atoms with Crippen LogP contribution in [-0.2, 0) is 9.59 Å². The highest BCUT2D eigenvalue weighted by atomic mass is 16.5. The monoisotopic (exact) mass is 494 g/mol. The highest BCUT2D eigenvalue weighted by Crippen LogP contribution is 2.42. The van der Waals surface area contributed by atoms with Crippen molar-refractivity contribution in [3.8, 4) is 17.2 Å². The molecule has 1 aliphatic rings. The van der Waals surface area contributed by atoms with E-state index in [2.05, 4.69) is 6.58 Å². The Morgan fingerprint density at radius 2 is 1.72 bits per heavy atom. The van der Waals surface area contributed by atoms with Gasteiger partial charge in [0.1, 0.15) is 18.1 Å². The van der Waals surface area contributed by atoms with Crippen molar-refractivity contribution in [2.75, 3.05) is 47.0 Å². The number of rotatable bonds is 12. The summed E-state index contributed by atoms with van der Waals surface area (Å²) in [7, 11) is 3.79. The second kappa shape index (κ2) is 12.3. The highest BCUT2D eigenvalue weighted by molar-refractivity contribution is 6.46. The van der Waals surface area contributed by atoms with Gasteiger partial charge in [-0.3, -0.25) is 9.59 Å². The van der Waals surface area contributed by atoms with E-state index >= 15 is 0 Å². The van der Waals surface area contributed by atoms with Crippen molar-refractivity contribution in [2.24, 2.45) is 0 Å². The van der Waals surface area contributed by atoms with Gasteiger partial charge in [0, 0.05) is 18.7 Å². The molecule has 0 bridgehead atoms. The fourth-order valence-corrected chi connectivity index (χ4v) is 4.03. The standard InChI is InChI=1S/C28H34N2O6/c1-6-17-36-22-14-11-20(18-23(22)35-8-3)25-24(27(32)28(33)30(25)16-15-29(4)5)26(31)19-9-12-21(13-10-19)34-7-2/h6,9-14,18,25,31H,1,7-8,15-17H2,2-5H3/b26-24+. The lowest BCUT2D eigenvalue weighted by Crippen LogP contribution is -2.35. The molecule has 1 N–H and O–H groups in total. The number of likely N-dealkylation sites (tertiary alicyclic amines) is 1. The molecular formula is C28H34N2O6. The molecule has 1 heterocycles. The van der Waals surface area contributed by atoms with Gasteiger partial charge >= 0.3 is 0 Å². The lowest BCUT2D eigenvalue weighted by molar-refractivity contribution is -0.140. The van der Waals surface area contributed by atoms with Crippen LogP contribution in [0.25, 0.3) is 5.76 Å². The normalized spacial score (nSPS) is 16.9. The number of carbonyl (C=O) groups is 2. The molecule has 1 aliphatic heterocycles. The number of carbonyl (C=O) groups excluding carboxylic acids is 2. The van der Waals surface area contributed by atoms with Gasteiger partial charge in [-0.1, -0.05) is 18.7 Å². The third kappa shape index (κ3) is 5.88. The summed E-state index contributed by atoms with van der Waals surface area (Å²) < 4.78 is 17.0. The second-order valence-electron chi connectivity index (χ2n) is 8.49. The van der Waals surface area contributed by atoms with Crippen molar-refractivity contribution >= 4 is 17.4 Å². The Labute approximate surface area is 212 Å². The van der Waals surface area contributed by atoms with Crippen LogP contribution in [-0.4, -0.2) is 73.6 Å². The summed E-state index contributed by atoms with van der Waals surface area (Å²) in [6.45, 7) is 9.49. The van der Waals surface area contributed by atoms with E-state index in [4.69, 9.17) is 14.2 Å². The number of ketones is 1. The molecule has 192 valence electrons. The Bertz CT molecular complexity index is 1120. The van der Waals surface area contributed by atoms with E-state index < -0.39 is 17.7 Å². The fourth-order valence-electron chi connectivity index (χ4n) is 4.03. The lowest BCUT2D eigenvalue weighted by Gasteiger charge is -2.27. The molecule has 1 unspecified atom stereocenters. The van der Waals surface area contributed by atoms with E-state index in [1.165, 1.54) is 4.90 Å². The number of Topliss-reactive ketones (excluding diaryl/α,β-unsaturated/α-hetero) is 1. The van der Waals surface area contributed by atoms with Crippen molar-refractivity contribution in [3.05, 3.63) is 71.8 Å². The number of amides is 1. The quantitative estimate of drug-likeness (QED) is 0.206. The maximum Gasteiger partial charge on any atom is 0.295 e. The van der Waals surface area contributed by atoms with Crippen LogP contribution in [0, 0.1) is 0 Å². The molecule has 0 aliphatic carbocycles. The highest BCUT2D eigenvalue weighted by Gasteiger charge is 2.46. The van der Waals surface area contributed by atoms with Crippen LogP contribution in [0.2, 0.25) is 0 Å². The van der Waals surface area contributed by atoms with Crippen LogP contribution in [0.1, 0.15) is 31.0 Å². The minimum absolute atomic E-state index is 0.0325. The van der Waals surface area contributed by atoms with Gasteiger partial charge in [0.2, 0.25) is 0 Å². The van der Waals surface area contributed by atoms with Crippen molar-refractivity contribution < 1.29 is 28.9 Å². The number of hydrogen-bond donors (Lipinski definition) is 1. The summed E-state index contributed by atoms with van der Waals surface area (Å²) in [4.78, 5) is 29.8. The van der Waals surface area contributed by atoms with Gasteiger partial charge < -0.3 is 29.1 Å². The first-order valence-corrected chi connectivity index (χ1v) is 12.0. The Kier molecular flexibility index (Phi) is 9.13. The summed E-state index contributed by atoms with van der Waals surface area (Å²) in [6, 6.07) is 11.3. The first-order valence-electron chi connectivity index (χ1n) is 12.0. The molecule has 36 heavy (non-hydrogen) atoms. The van der Waals surface area contributed by atoms with Gasteiger partial charge in [-0.05, 0) is 69.9 Å². The smallest absolute Gasteiger partial charge is 0.295 e. The molecule has 8 heteroatoms. The third-order valence-electron chi connectivity index (χ3n) is 5.71. The minimum atomic E-state index is -0.788. The molecule has 0 saturated carbocycles. The average Bonchev–Trinajstić information content (AvgIpc) is 3.12. The van der Waals surface area contributed by atoms with Crippen molar-refractivity contribution in [3.63, 3.8) is 0 Å². The van der Waals surface area contributed by atoms with Gasteiger partial charge in [-0.25, -0.2) is 0 Å². The number of ether oxygens (including phenoxy) is 3. The van der Waals surface area contributed by atoms with E-state index in [0.29, 0.717) is 61.3 Å². The molecule has 1 atom stereocenters. The molecular weight excluding hydrogens is 460 g/mol. The maximum atomic E-state index is 13.2. The SMILES string of the molecule is C=CCOc1ccc(C2/C(=C(\O)c3ccc(OCC)cc3)C(=O)C(=O)N2CCN(C)C)cc1OCC. The largest absolute Gasteiger partial charge is 0.507 e. The van der Waals surface area contributed by atoms with Crippen molar-refractivity contribution in [1.29, 1.82) is 0 Å². The van der Waals surface area contributed by atoms with Gasteiger partial charge in [-0.15, -0.1) is 0 Å². The zero-order valence-corrected chi connectivity index (χ0v) is 21.3. The Balaban J connectivity index is 2.13. The Hall–Kier alpha value is -3.78. The molecule has 2 aromatic carbocycles. The maximum absolute atomic E-state index is 13.2. The second-order valence-corrected chi connectivity index (χ2v) is 8.49. The van der Waals surface area contributed by atoms with Crippen LogP contribution in [0.5, 0.6) is 17.2 Å². The molecule has 8 nitrogen and oxygen atoms in total. The van der Waals surface area contributed by atoms with Crippen LogP contribution in [0.4, 0.5) is 0 Å². The topological polar surface area (TPSA) is 88.5 Å². The first kappa shape index (κ1) is 26.8. The van der Waals surface area contributed by atoms with Gasteiger partial charge in [0.25, 0.3) is 11.7 Å². The van der Waals surface area contributed by atoms with Crippen LogP contribution < -0.4 is 14.2 Å². The Morgan fingerprint density at radius 1 is 1.03 bits per heavy atom. The molecule has 2 aromatic rings. The summed E-state index contributed by atoms with van der Waals surface area (Å²) in [5, 5.41) is 11.3. The van der Waals surface area contributed by atoms with E-state index in [0.717, 1.165) is 0 Å². The summed E-state index contributed by atoms with van der Waals surface area (Å²) in [6.07, 6.45) is 1.64. The van der Waals surface area contributed by atoms with Gasteiger partial charge in [0.05, 0.1) is 24.8 Å². The average molecular weight is 495 g/mol. The summed E-state index contributed by atoms with van der Waals surface area (Å²) >= 11 is 0.